The number of benzene rings is 2. The van der Waals surface area contributed by atoms with Crippen molar-refractivity contribution in [3.63, 3.8) is 0 Å². The van der Waals surface area contributed by atoms with Crippen molar-refractivity contribution in [2.24, 2.45) is 5.73 Å². The summed E-state index contributed by atoms with van der Waals surface area (Å²) in [5.74, 6) is 0.276. The lowest BCUT2D eigenvalue weighted by atomic mass is 9.85. The van der Waals surface area contributed by atoms with Gasteiger partial charge in [0.2, 0.25) is 24.5 Å². The minimum atomic E-state index is -0.802. The van der Waals surface area contributed by atoms with Gasteiger partial charge in [0.05, 0.1) is 6.04 Å². The molecule has 0 bridgehead atoms. The van der Waals surface area contributed by atoms with E-state index in [9.17, 15) is 14.4 Å². The fourth-order valence-electron chi connectivity index (χ4n) is 5.19. The van der Waals surface area contributed by atoms with Crippen molar-refractivity contribution in [1.29, 1.82) is 0 Å². The summed E-state index contributed by atoms with van der Waals surface area (Å²) in [6.07, 6.45) is 0.582. The number of para-hydroxylation sites is 1. The molecule has 1 saturated heterocycles. The molecule has 3 atom stereocenters. The van der Waals surface area contributed by atoms with Crippen molar-refractivity contribution in [3.8, 4) is 11.5 Å². The van der Waals surface area contributed by atoms with Crippen molar-refractivity contribution in [2.45, 2.75) is 37.4 Å². The van der Waals surface area contributed by atoms with Crippen LogP contribution in [0.1, 0.15) is 35.7 Å². The maximum Gasteiger partial charge on any atom is 0.246 e. The molecule has 0 unspecified atom stereocenters. The molecule has 33 heavy (non-hydrogen) atoms. The number of amides is 3. The first-order valence-corrected chi connectivity index (χ1v) is 10.9. The minimum Gasteiger partial charge on any atom is -0.454 e. The van der Waals surface area contributed by atoms with Crippen LogP contribution in [-0.4, -0.2) is 46.5 Å². The second-order valence-electron chi connectivity index (χ2n) is 8.61. The quantitative estimate of drug-likeness (QED) is 0.560. The van der Waals surface area contributed by atoms with Gasteiger partial charge in [-0.25, -0.2) is 0 Å². The minimum absolute atomic E-state index is 0.0154. The van der Waals surface area contributed by atoms with Crippen molar-refractivity contribution in [1.82, 2.24) is 15.2 Å². The molecule has 1 fully saturated rings. The highest BCUT2D eigenvalue weighted by molar-refractivity contribution is 5.99. The van der Waals surface area contributed by atoms with Gasteiger partial charge in [0, 0.05) is 29.4 Å². The topological polar surface area (TPSA) is 127 Å². The van der Waals surface area contributed by atoms with Crippen LogP contribution in [0, 0.1) is 0 Å². The summed E-state index contributed by atoms with van der Waals surface area (Å²) < 4.78 is 11.0. The van der Waals surface area contributed by atoms with Crippen LogP contribution in [0.5, 0.6) is 11.5 Å². The molecule has 3 aliphatic heterocycles. The van der Waals surface area contributed by atoms with Gasteiger partial charge in [-0.3, -0.25) is 14.4 Å². The Balaban J connectivity index is 1.51. The van der Waals surface area contributed by atoms with E-state index in [4.69, 9.17) is 15.2 Å². The van der Waals surface area contributed by atoms with Gasteiger partial charge in [0.25, 0.3) is 0 Å². The zero-order valence-electron chi connectivity index (χ0n) is 17.7. The van der Waals surface area contributed by atoms with E-state index < -0.39 is 24.0 Å². The van der Waals surface area contributed by atoms with E-state index in [0.29, 0.717) is 17.9 Å². The molecule has 2 aromatic carbocycles. The third kappa shape index (κ3) is 3.03. The first-order valence-electron chi connectivity index (χ1n) is 10.9. The maximum absolute atomic E-state index is 13.6. The van der Waals surface area contributed by atoms with Gasteiger partial charge in [-0.2, -0.15) is 0 Å². The summed E-state index contributed by atoms with van der Waals surface area (Å²) in [5.41, 5.74) is 8.95. The van der Waals surface area contributed by atoms with Gasteiger partial charge in [-0.1, -0.05) is 24.3 Å². The summed E-state index contributed by atoms with van der Waals surface area (Å²) in [4.78, 5) is 43.3. The summed E-state index contributed by atoms with van der Waals surface area (Å²) in [7, 11) is 0. The molecule has 6 rings (SSSR count). The van der Waals surface area contributed by atoms with Crippen LogP contribution < -0.4 is 20.5 Å². The van der Waals surface area contributed by atoms with Gasteiger partial charge < -0.3 is 30.4 Å². The Morgan fingerprint density at radius 3 is 2.79 bits per heavy atom. The highest BCUT2D eigenvalue weighted by atomic mass is 16.7. The fraction of sp³-hybridized carbons (Fsp3) is 0.292. The number of H-pyrrole nitrogens is 1. The number of nitrogens with two attached hydrogens (primary N) is 1. The van der Waals surface area contributed by atoms with E-state index in [-0.39, 0.29) is 31.4 Å². The standard InChI is InChI=1S/C24H22N4O5/c25-20(29)8-6-16-24(31)28-17(23(30)27-16)10-14-13-3-1-2-4-15(13)26-21(14)22(28)12-5-7-18-19(9-12)33-11-32-18/h1-5,7,9,16-17,22,26H,6,8,10-11H2,(H2,25,29)(H,27,30)/t16-,17+,22+/m0/s1. The van der Waals surface area contributed by atoms with E-state index >= 15 is 0 Å². The van der Waals surface area contributed by atoms with Gasteiger partial charge in [0.15, 0.2) is 11.5 Å². The summed E-state index contributed by atoms with van der Waals surface area (Å²) in [6, 6.07) is 11.5. The second-order valence-corrected chi connectivity index (χ2v) is 8.61. The molecule has 1 aromatic heterocycles. The lowest BCUT2D eigenvalue weighted by molar-refractivity contribution is -0.152. The van der Waals surface area contributed by atoms with Gasteiger partial charge in [-0.15, -0.1) is 0 Å². The molecule has 4 N–H and O–H groups in total. The molecule has 9 heteroatoms. The van der Waals surface area contributed by atoms with E-state index in [2.05, 4.69) is 10.3 Å². The number of nitrogens with one attached hydrogen (secondary N) is 2. The third-order valence-electron chi connectivity index (χ3n) is 6.69. The Morgan fingerprint density at radius 2 is 1.94 bits per heavy atom. The SMILES string of the molecule is NC(=O)CC[C@@H]1NC(=O)[C@H]2Cc3c([nH]c4ccccc34)[C@@H](c3ccc4c(c3)OCO4)N2C1=O. The highest BCUT2D eigenvalue weighted by Gasteiger charge is 2.49. The molecule has 0 spiro atoms. The molecular weight excluding hydrogens is 424 g/mol. The average Bonchev–Trinajstić information content (AvgIpc) is 3.43. The molecule has 4 heterocycles. The fourth-order valence-corrected chi connectivity index (χ4v) is 5.19. The smallest absolute Gasteiger partial charge is 0.246 e. The molecule has 3 amide bonds. The Bertz CT molecular complexity index is 1320. The monoisotopic (exact) mass is 446 g/mol. The first-order chi connectivity index (χ1) is 16.0. The van der Waals surface area contributed by atoms with Crippen LogP contribution in [0.15, 0.2) is 42.5 Å². The number of ether oxygens (including phenoxy) is 2. The molecule has 9 nitrogen and oxygen atoms in total. The number of hydrogen-bond donors (Lipinski definition) is 3. The normalized spacial score (nSPS) is 23.3. The molecule has 0 aliphatic carbocycles. The number of hydrogen-bond acceptors (Lipinski definition) is 5. The number of piperazine rings is 1. The van der Waals surface area contributed by atoms with Crippen molar-refractivity contribution in [2.75, 3.05) is 6.79 Å². The summed E-state index contributed by atoms with van der Waals surface area (Å²) >= 11 is 0. The number of carbonyl (C=O) groups is 3. The molecule has 3 aliphatic rings. The predicted molar refractivity (Wildman–Crippen MR) is 117 cm³/mol. The van der Waals surface area contributed by atoms with Crippen LogP contribution in [0.2, 0.25) is 0 Å². The van der Waals surface area contributed by atoms with Crippen LogP contribution in [0.3, 0.4) is 0 Å². The highest BCUT2D eigenvalue weighted by Crippen LogP contribution is 2.44. The van der Waals surface area contributed by atoms with Crippen LogP contribution in [0.4, 0.5) is 0 Å². The zero-order chi connectivity index (χ0) is 22.7. The van der Waals surface area contributed by atoms with Gasteiger partial charge in [-0.05, 0) is 35.7 Å². The Kier molecular flexibility index (Phi) is 4.33. The van der Waals surface area contributed by atoms with E-state index in [0.717, 1.165) is 27.7 Å². The number of aromatic amines is 1. The number of nitrogens with zero attached hydrogens (tertiary/aromatic N) is 1. The maximum atomic E-state index is 13.6. The lowest BCUT2D eigenvalue weighted by Crippen LogP contribution is -2.66. The number of carbonyl (C=O) groups excluding carboxylic acids is 3. The largest absolute Gasteiger partial charge is 0.454 e. The Hall–Kier alpha value is -4.01. The molecular formula is C24H22N4O5. The molecule has 3 aromatic rings. The third-order valence-corrected chi connectivity index (χ3v) is 6.69. The number of rotatable bonds is 4. The molecule has 168 valence electrons. The second kappa shape index (κ2) is 7.26. The number of fused-ring (bicyclic) bond motifs is 5. The first kappa shape index (κ1) is 19.7. The van der Waals surface area contributed by atoms with Gasteiger partial charge >= 0.3 is 0 Å². The predicted octanol–water partition coefficient (Wildman–Crippen LogP) is 1.50. The summed E-state index contributed by atoms with van der Waals surface area (Å²) in [5, 5.41) is 3.85. The van der Waals surface area contributed by atoms with Crippen LogP contribution in [-0.2, 0) is 20.8 Å². The van der Waals surface area contributed by atoms with E-state index in [1.807, 2.05) is 42.5 Å². The lowest BCUT2D eigenvalue weighted by Gasteiger charge is -2.46. The van der Waals surface area contributed by atoms with Crippen LogP contribution in [0.25, 0.3) is 10.9 Å². The van der Waals surface area contributed by atoms with Crippen molar-refractivity contribution < 1.29 is 23.9 Å². The van der Waals surface area contributed by atoms with E-state index in [1.54, 1.807) is 4.90 Å². The Labute approximate surface area is 188 Å². The van der Waals surface area contributed by atoms with E-state index in [1.165, 1.54) is 0 Å². The number of aromatic nitrogens is 1. The van der Waals surface area contributed by atoms with Crippen LogP contribution >= 0.6 is 0 Å². The summed E-state index contributed by atoms with van der Waals surface area (Å²) in [6.45, 7) is 0.143. The Morgan fingerprint density at radius 1 is 1.12 bits per heavy atom. The van der Waals surface area contributed by atoms with Gasteiger partial charge in [0.1, 0.15) is 12.1 Å². The van der Waals surface area contributed by atoms with Crippen molar-refractivity contribution in [3.05, 3.63) is 59.3 Å². The zero-order valence-corrected chi connectivity index (χ0v) is 17.7. The number of primary amides is 1. The molecule has 0 saturated carbocycles. The van der Waals surface area contributed by atoms with Crippen molar-refractivity contribution >= 4 is 28.6 Å². The molecule has 0 radical (unpaired) electrons. The average molecular weight is 446 g/mol.